The largest absolute Gasteiger partial charge is 0.355 e. The predicted molar refractivity (Wildman–Crippen MR) is 134 cm³/mol. The fourth-order valence-corrected chi connectivity index (χ4v) is 4.24. The average Bonchev–Trinajstić information content (AvgIpc) is 3.46. The maximum absolute atomic E-state index is 12.7. The first kappa shape index (κ1) is 23.6. The number of carbonyl (C=O) groups is 1. The third kappa shape index (κ3) is 5.41. The van der Waals surface area contributed by atoms with Crippen molar-refractivity contribution in [1.82, 2.24) is 40.1 Å². The van der Waals surface area contributed by atoms with Crippen LogP contribution in [0, 0.1) is 5.92 Å². The summed E-state index contributed by atoms with van der Waals surface area (Å²) < 4.78 is 2.78. The second-order valence-electron chi connectivity index (χ2n) is 8.43. The zero-order chi connectivity index (χ0) is 24.9. The monoisotopic (exact) mass is 505 g/mol. The van der Waals surface area contributed by atoms with Gasteiger partial charge in [-0.25, -0.2) is 14.3 Å². The van der Waals surface area contributed by atoms with E-state index in [2.05, 4.69) is 35.6 Å². The topological polar surface area (TPSA) is 124 Å². The molecule has 1 saturated heterocycles. The molecule has 184 valence electrons. The highest BCUT2D eigenvalue weighted by Gasteiger charge is 2.25. The minimum atomic E-state index is -0.246. The number of nitrogens with one attached hydrogen (secondary N) is 1. The fourth-order valence-electron chi connectivity index (χ4n) is 4.12. The van der Waals surface area contributed by atoms with Gasteiger partial charge in [-0.2, -0.15) is 5.10 Å². The van der Waals surface area contributed by atoms with E-state index >= 15 is 0 Å². The Morgan fingerprint density at radius 2 is 1.78 bits per heavy atom. The fraction of sp³-hybridized carbons (Fsp3) is 0.292. The molecule has 1 amide bonds. The van der Waals surface area contributed by atoms with Crippen LogP contribution in [0.4, 0.5) is 5.82 Å². The van der Waals surface area contributed by atoms with Gasteiger partial charge in [0, 0.05) is 42.2 Å². The van der Waals surface area contributed by atoms with Crippen LogP contribution in [0.2, 0.25) is 5.02 Å². The van der Waals surface area contributed by atoms with E-state index in [1.165, 1.54) is 28.1 Å². The van der Waals surface area contributed by atoms with E-state index in [4.69, 9.17) is 11.6 Å². The molecule has 0 bridgehead atoms. The number of carbonyl (C=O) groups excluding carboxylic acids is 1. The van der Waals surface area contributed by atoms with Gasteiger partial charge in [0.1, 0.15) is 12.7 Å². The Kier molecular flexibility index (Phi) is 6.99. The highest BCUT2D eigenvalue weighted by atomic mass is 35.5. The highest BCUT2D eigenvalue weighted by molar-refractivity contribution is 6.30. The molecule has 0 spiro atoms. The molecule has 0 aliphatic carbocycles. The molecule has 36 heavy (non-hydrogen) atoms. The molecule has 4 aromatic rings. The lowest BCUT2D eigenvalue weighted by Crippen LogP contribution is -2.42. The van der Waals surface area contributed by atoms with Crippen LogP contribution < -0.4 is 15.8 Å². The lowest BCUT2D eigenvalue weighted by atomic mass is 9.96. The molecule has 4 heterocycles. The number of hydrogen-bond donors (Lipinski definition) is 1. The summed E-state index contributed by atoms with van der Waals surface area (Å²) in [4.78, 5) is 30.8. The third-order valence-electron chi connectivity index (χ3n) is 6.11. The van der Waals surface area contributed by atoms with Crippen molar-refractivity contribution in [2.75, 3.05) is 24.5 Å². The van der Waals surface area contributed by atoms with Gasteiger partial charge in [-0.15, -0.1) is 15.3 Å². The lowest BCUT2D eigenvalue weighted by Gasteiger charge is -2.31. The second kappa shape index (κ2) is 10.6. The highest BCUT2D eigenvalue weighted by Crippen LogP contribution is 2.24. The van der Waals surface area contributed by atoms with Gasteiger partial charge >= 0.3 is 0 Å². The average molecular weight is 506 g/mol. The zero-order valence-electron chi connectivity index (χ0n) is 19.4. The SMILES string of the molecule is O=C(NCCn1nc(-n2cncn2)ccc1=O)C1CCN(c2ccc(-c3ccc(Cl)cc3)nn2)CC1. The summed E-state index contributed by atoms with van der Waals surface area (Å²) in [5.41, 5.74) is 1.49. The summed E-state index contributed by atoms with van der Waals surface area (Å²) in [5, 5.41) is 20.6. The Hall–Kier alpha value is -4.12. The van der Waals surface area contributed by atoms with E-state index in [-0.39, 0.29) is 23.9 Å². The van der Waals surface area contributed by atoms with Crippen LogP contribution in [-0.4, -0.2) is 60.3 Å². The summed E-state index contributed by atoms with van der Waals surface area (Å²) in [6.45, 7) is 2.01. The first-order chi connectivity index (χ1) is 17.6. The maximum atomic E-state index is 12.7. The number of nitrogens with zero attached hydrogens (tertiary/aromatic N) is 8. The van der Waals surface area contributed by atoms with E-state index in [1.807, 2.05) is 36.4 Å². The molecule has 12 heteroatoms. The van der Waals surface area contributed by atoms with Gasteiger partial charge < -0.3 is 10.2 Å². The molecular weight excluding hydrogens is 482 g/mol. The Morgan fingerprint density at radius 1 is 1.00 bits per heavy atom. The van der Waals surface area contributed by atoms with Crippen molar-refractivity contribution in [1.29, 1.82) is 0 Å². The molecule has 11 nitrogen and oxygen atoms in total. The van der Waals surface area contributed by atoms with Gasteiger partial charge in [0.2, 0.25) is 5.91 Å². The van der Waals surface area contributed by atoms with Crippen molar-refractivity contribution >= 4 is 23.3 Å². The summed E-state index contributed by atoms with van der Waals surface area (Å²) in [6.07, 6.45) is 4.33. The molecule has 0 radical (unpaired) electrons. The van der Waals surface area contributed by atoms with Crippen LogP contribution in [-0.2, 0) is 11.3 Å². The number of amides is 1. The predicted octanol–water partition coefficient (Wildman–Crippen LogP) is 1.97. The molecule has 5 rings (SSSR count). The normalized spacial score (nSPS) is 14.1. The number of piperidine rings is 1. The Balaban J connectivity index is 1.11. The standard InChI is InChI=1S/C24H24ClN9O2/c25-19-3-1-17(2-4-19)20-5-6-21(30-29-20)32-12-9-18(10-13-32)24(36)27-11-14-33-23(35)8-7-22(31-33)34-16-26-15-28-34/h1-8,15-16,18H,9-14H2,(H,27,36). The van der Waals surface area contributed by atoms with Gasteiger partial charge in [-0.1, -0.05) is 23.7 Å². The van der Waals surface area contributed by atoms with Crippen molar-refractivity contribution in [3.05, 3.63) is 76.6 Å². The first-order valence-corrected chi connectivity index (χ1v) is 12.0. The Labute approximate surface area is 211 Å². The van der Waals surface area contributed by atoms with Crippen LogP contribution >= 0.6 is 11.6 Å². The van der Waals surface area contributed by atoms with Gasteiger partial charge in [0.15, 0.2) is 11.6 Å². The quantitative estimate of drug-likeness (QED) is 0.404. The van der Waals surface area contributed by atoms with Crippen LogP contribution in [0.15, 0.2) is 66.0 Å². The van der Waals surface area contributed by atoms with Crippen LogP contribution in [0.1, 0.15) is 12.8 Å². The van der Waals surface area contributed by atoms with Crippen LogP contribution in [0.25, 0.3) is 17.1 Å². The summed E-state index contributed by atoms with van der Waals surface area (Å²) in [6, 6.07) is 14.4. The molecule has 0 unspecified atom stereocenters. The summed E-state index contributed by atoms with van der Waals surface area (Å²) in [7, 11) is 0. The summed E-state index contributed by atoms with van der Waals surface area (Å²) in [5.74, 6) is 1.17. The number of rotatable bonds is 7. The van der Waals surface area contributed by atoms with Gasteiger partial charge in [0.05, 0.1) is 12.2 Å². The van der Waals surface area contributed by atoms with Crippen molar-refractivity contribution < 1.29 is 4.79 Å². The van der Waals surface area contributed by atoms with Crippen molar-refractivity contribution in [3.8, 4) is 17.1 Å². The molecule has 3 aromatic heterocycles. The van der Waals surface area contributed by atoms with Crippen molar-refractivity contribution in [3.63, 3.8) is 0 Å². The first-order valence-electron chi connectivity index (χ1n) is 11.6. The minimum Gasteiger partial charge on any atom is -0.355 e. The smallest absolute Gasteiger partial charge is 0.266 e. The lowest BCUT2D eigenvalue weighted by molar-refractivity contribution is -0.125. The molecule has 0 atom stereocenters. The molecule has 1 N–H and O–H groups in total. The molecule has 0 saturated carbocycles. The van der Waals surface area contributed by atoms with E-state index < -0.39 is 0 Å². The number of benzene rings is 1. The Bertz CT molecular complexity index is 1360. The number of hydrogen-bond acceptors (Lipinski definition) is 8. The molecule has 1 fully saturated rings. The van der Waals surface area contributed by atoms with Gasteiger partial charge in [-0.3, -0.25) is 9.59 Å². The van der Waals surface area contributed by atoms with Crippen LogP contribution in [0.3, 0.4) is 0 Å². The van der Waals surface area contributed by atoms with E-state index in [0.717, 1.165) is 17.1 Å². The van der Waals surface area contributed by atoms with Crippen molar-refractivity contribution in [2.45, 2.75) is 19.4 Å². The van der Waals surface area contributed by atoms with Gasteiger partial charge in [0.25, 0.3) is 5.56 Å². The zero-order valence-corrected chi connectivity index (χ0v) is 20.1. The summed E-state index contributed by atoms with van der Waals surface area (Å²) >= 11 is 5.95. The van der Waals surface area contributed by atoms with E-state index in [1.54, 1.807) is 6.07 Å². The minimum absolute atomic E-state index is 0.0145. The molecular formula is C24H24ClN9O2. The van der Waals surface area contributed by atoms with E-state index in [9.17, 15) is 9.59 Å². The van der Waals surface area contributed by atoms with Crippen LogP contribution in [0.5, 0.6) is 0 Å². The maximum Gasteiger partial charge on any atom is 0.266 e. The number of halogens is 1. The van der Waals surface area contributed by atoms with E-state index in [0.29, 0.717) is 43.3 Å². The molecule has 1 aromatic carbocycles. The molecule has 1 aliphatic rings. The third-order valence-corrected chi connectivity index (χ3v) is 6.36. The van der Waals surface area contributed by atoms with Crippen molar-refractivity contribution in [2.24, 2.45) is 5.92 Å². The number of anilines is 1. The second-order valence-corrected chi connectivity index (χ2v) is 8.87. The van der Waals surface area contributed by atoms with Gasteiger partial charge in [-0.05, 0) is 43.2 Å². The molecule has 1 aliphatic heterocycles. The number of aromatic nitrogens is 7. The Morgan fingerprint density at radius 3 is 2.47 bits per heavy atom.